The Labute approximate surface area is 204 Å². The second kappa shape index (κ2) is 8.94. The normalized spacial score (nSPS) is 20.1. The lowest BCUT2D eigenvalue weighted by Gasteiger charge is -2.37. The summed E-state index contributed by atoms with van der Waals surface area (Å²) < 4.78 is 2.08. The van der Waals surface area contributed by atoms with Gasteiger partial charge in [0.2, 0.25) is 11.9 Å². The zero-order valence-electron chi connectivity index (χ0n) is 19.9. The number of anilines is 3. The molecule has 35 heavy (non-hydrogen) atoms. The predicted molar refractivity (Wildman–Crippen MR) is 134 cm³/mol. The summed E-state index contributed by atoms with van der Waals surface area (Å²) in [6.45, 7) is 2.82. The first-order valence-corrected chi connectivity index (χ1v) is 12.7. The van der Waals surface area contributed by atoms with Crippen LogP contribution in [0.25, 0.3) is 11.0 Å². The molecule has 1 saturated heterocycles. The zero-order chi connectivity index (χ0) is 23.8. The topological polar surface area (TPSA) is 96.3 Å². The number of rotatable bonds is 6. The molecule has 0 bridgehead atoms. The molecule has 1 aromatic carbocycles. The fourth-order valence-corrected chi connectivity index (χ4v) is 5.37. The number of aromatic nitrogens is 4. The predicted octanol–water partition coefficient (Wildman–Crippen LogP) is 3.70. The van der Waals surface area contributed by atoms with Crippen molar-refractivity contribution >= 4 is 40.5 Å². The molecule has 0 spiro atoms. The number of nitrogens with one attached hydrogen (secondary N) is 1. The van der Waals surface area contributed by atoms with Gasteiger partial charge in [-0.1, -0.05) is 19.3 Å². The van der Waals surface area contributed by atoms with Gasteiger partial charge in [-0.05, 0) is 49.9 Å². The van der Waals surface area contributed by atoms with Gasteiger partial charge in [0, 0.05) is 43.8 Å². The molecular weight excluding hydrogens is 442 g/mol. The van der Waals surface area contributed by atoms with Crippen LogP contribution in [0.3, 0.4) is 0 Å². The molecule has 1 amide bonds. The molecule has 1 N–H and O–H groups in total. The van der Waals surface area contributed by atoms with Crippen molar-refractivity contribution < 1.29 is 9.59 Å². The molecule has 0 unspecified atom stereocenters. The highest BCUT2D eigenvalue weighted by atomic mass is 16.2. The van der Waals surface area contributed by atoms with E-state index in [4.69, 9.17) is 4.98 Å². The minimum absolute atomic E-state index is 0.00787. The van der Waals surface area contributed by atoms with E-state index in [2.05, 4.69) is 37.1 Å². The molecule has 2 saturated carbocycles. The van der Waals surface area contributed by atoms with Gasteiger partial charge in [0.15, 0.2) is 5.65 Å². The summed E-state index contributed by atoms with van der Waals surface area (Å²) in [5, 5.41) is 8.91. The average molecular weight is 474 g/mol. The Morgan fingerprint density at radius 3 is 2.43 bits per heavy atom. The number of benzene rings is 1. The number of fused-ring (bicyclic) bond motifs is 1. The molecule has 2 aliphatic carbocycles. The second-order valence-corrected chi connectivity index (χ2v) is 10.1. The lowest BCUT2D eigenvalue weighted by molar-refractivity contribution is -0.139. The van der Waals surface area contributed by atoms with Crippen molar-refractivity contribution in [3.05, 3.63) is 36.7 Å². The van der Waals surface area contributed by atoms with Gasteiger partial charge in [0.05, 0.1) is 17.6 Å². The van der Waals surface area contributed by atoms with E-state index in [0.717, 1.165) is 54.6 Å². The van der Waals surface area contributed by atoms with Gasteiger partial charge in [-0.2, -0.15) is 10.1 Å². The Bertz CT molecular complexity index is 1220. The molecule has 3 aliphatic rings. The fraction of sp³-hybridized carbons (Fsp3) is 0.500. The average Bonchev–Trinajstić information content (AvgIpc) is 3.61. The molecule has 1 aliphatic heterocycles. The third-order valence-electron chi connectivity index (χ3n) is 7.75. The minimum atomic E-state index is -0.714. The van der Waals surface area contributed by atoms with Crippen molar-refractivity contribution in [2.75, 3.05) is 36.4 Å². The van der Waals surface area contributed by atoms with Gasteiger partial charge < -0.3 is 19.9 Å². The number of carbonyl (C=O) groups excluding carboxylic acids is 2. The van der Waals surface area contributed by atoms with Crippen molar-refractivity contribution in [2.24, 2.45) is 5.41 Å². The van der Waals surface area contributed by atoms with Crippen LogP contribution >= 0.6 is 0 Å². The Morgan fingerprint density at radius 1 is 1.00 bits per heavy atom. The third kappa shape index (κ3) is 4.24. The third-order valence-corrected chi connectivity index (χ3v) is 7.75. The lowest BCUT2D eigenvalue weighted by Crippen LogP contribution is -2.51. The van der Waals surface area contributed by atoms with Crippen LogP contribution in [-0.2, 0) is 9.59 Å². The molecular formula is C26H31N7O2. The minimum Gasteiger partial charge on any atom is -0.368 e. The number of aldehydes is 1. The molecule has 3 heterocycles. The summed E-state index contributed by atoms with van der Waals surface area (Å²) >= 11 is 0. The Hall–Kier alpha value is -3.49. The van der Waals surface area contributed by atoms with Gasteiger partial charge in [-0.3, -0.25) is 4.79 Å². The first-order valence-electron chi connectivity index (χ1n) is 12.7. The number of hydrogen-bond acceptors (Lipinski definition) is 7. The molecule has 6 rings (SSSR count). The van der Waals surface area contributed by atoms with E-state index in [1.165, 1.54) is 19.3 Å². The summed E-state index contributed by atoms with van der Waals surface area (Å²) in [7, 11) is 0. The Balaban J connectivity index is 1.10. The van der Waals surface area contributed by atoms with E-state index in [0.29, 0.717) is 37.9 Å². The maximum Gasteiger partial charge on any atom is 0.236 e. The monoisotopic (exact) mass is 473 g/mol. The van der Waals surface area contributed by atoms with Crippen molar-refractivity contribution in [2.45, 2.75) is 51.0 Å². The van der Waals surface area contributed by atoms with Crippen LogP contribution in [0.1, 0.15) is 51.0 Å². The van der Waals surface area contributed by atoms with E-state index in [-0.39, 0.29) is 5.91 Å². The van der Waals surface area contributed by atoms with Crippen molar-refractivity contribution in [3.8, 4) is 0 Å². The highest BCUT2D eigenvalue weighted by Crippen LogP contribution is 2.45. The molecule has 9 heteroatoms. The van der Waals surface area contributed by atoms with Gasteiger partial charge >= 0.3 is 0 Å². The Morgan fingerprint density at radius 2 is 1.74 bits per heavy atom. The second-order valence-electron chi connectivity index (χ2n) is 10.1. The number of carbonyl (C=O) groups is 2. The maximum atomic E-state index is 12.6. The maximum absolute atomic E-state index is 12.6. The Kier molecular flexibility index (Phi) is 5.62. The standard InChI is InChI=1S/C26H31N7O2/c34-18-26(10-11-26)24(35)32-14-12-31(13-15-32)21-8-6-20(7-9-21)29-25-27-16-19-17-28-33(23(19)30-25)22-4-2-1-3-5-22/h6-9,16-18,22H,1-5,10-15H2,(H,27,29,30). The number of amides is 1. The first kappa shape index (κ1) is 22.0. The summed E-state index contributed by atoms with van der Waals surface area (Å²) in [6, 6.07) is 8.65. The van der Waals surface area contributed by atoms with Gasteiger partial charge in [0.1, 0.15) is 11.7 Å². The smallest absolute Gasteiger partial charge is 0.236 e. The molecule has 9 nitrogen and oxygen atoms in total. The highest BCUT2D eigenvalue weighted by molar-refractivity contribution is 5.99. The molecule has 3 fully saturated rings. The van der Waals surface area contributed by atoms with Crippen molar-refractivity contribution in [1.82, 2.24) is 24.6 Å². The van der Waals surface area contributed by atoms with Crippen LogP contribution in [0.15, 0.2) is 36.7 Å². The lowest BCUT2D eigenvalue weighted by atomic mass is 9.96. The van der Waals surface area contributed by atoms with Gasteiger partial charge in [-0.25, -0.2) is 9.67 Å². The van der Waals surface area contributed by atoms with E-state index in [1.54, 1.807) is 0 Å². The van der Waals surface area contributed by atoms with Gasteiger partial charge in [-0.15, -0.1) is 0 Å². The SMILES string of the molecule is O=CC1(C(=O)N2CCN(c3ccc(Nc4ncc5cnn(C6CCCCC6)c5n4)cc3)CC2)CC1. The molecule has 3 aromatic rings. The highest BCUT2D eigenvalue weighted by Gasteiger charge is 2.52. The van der Waals surface area contributed by atoms with Crippen LogP contribution in [0.4, 0.5) is 17.3 Å². The zero-order valence-corrected chi connectivity index (χ0v) is 19.9. The van der Waals surface area contributed by atoms with Gasteiger partial charge in [0.25, 0.3) is 0 Å². The quantitative estimate of drug-likeness (QED) is 0.431. The van der Waals surface area contributed by atoms with Crippen LogP contribution < -0.4 is 10.2 Å². The molecule has 0 atom stereocenters. The fourth-order valence-electron chi connectivity index (χ4n) is 5.37. The molecule has 0 radical (unpaired) electrons. The van der Waals surface area contributed by atoms with Crippen LogP contribution in [0.2, 0.25) is 0 Å². The summed E-state index contributed by atoms with van der Waals surface area (Å²) in [5.74, 6) is 0.576. The molecule has 2 aromatic heterocycles. The summed E-state index contributed by atoms with van der Waals surface area (Å²) in [5.41, 5.74) is 2.22. The largest absolute Gasteiger partial charge is 0.368 e. The van der Waals surface area contributed by atoms with E-state index >= 15 is 0 Å². The van der Waals surface area contributed by atoms with E-state index < -0.39 is 5.41 Å². The van der Waals surface area contributed by atoms with Crippen LogP contribution in [-0.4, -0.2) is 63.0 Å². The van der Waals surface area contributed by atoms with Crippen LogP contribution in [0, 0.1) is 5.41 Å². The first-order chi connectivity index (χ1) is 17.1. The van der Waals surface area contributed by atoms with Crippen molar-refractivity contribution in [1.29, 1.82) is 0 Å². The van der Waals surface area contributed by atoms with Crippen molar-refractivity contribution in [3.63, 3.8) is 0 Å². The molecule has 182 valence electrons. The number of piperazine rings is 1. The van der Waals surface area contributed by atoms with E-state index in [1.807, 2.05) is 29.4 Å². The van der Waals surface area contributed by atoms with Crippen LogP contribution in [0.5, 0.6) is 0 Å². The number of hydrogen-bond donors (Lipinski definition) is 1. The van der Waals surface area contributed by atoms with E-state index in [9.17, 15) is 9.59 Å². The summed E-state index contributed by atoms with van der Waals surface area (Å²) in [4.78, 5) is 37.3. The number of nitrogens with zero attached hydrogens (tertiary/aromatic N) is 6. The summed E-state index contributed by atoms with van der Waals surface area (Å²) in [6.07, 6.45) is 12.1.